The van der Waals surface area contributed by atoms with Crippen molar-refractivity contribution in [3.63, 3.8) is 0 Å². The molecule has 3 rings (SSSR count). The lowest BCUT2D eigenvalue weighted by molar-refractivity contribution is -0.302. The maximum atomic E-state index is 13.6. The Balaban J connectivity index is 1.90. The molecule has 0 saturated heterocycles. The van der Waals surface area contributed by atoms with Crippen LogP contribution >= 0.6 is 0 Å². The van der Waals surface area contributed by atoms with Crippen molar-refractivity contribution in [2.45, 2.75) is 31.7 Å². The second-order valence-electron chi connectivity index (χ2n) is 6.63. The molecule has 0 fully saturated rings. The molecule has 0 spiro atoms. The highest BCUT2D eigenvalue weighted by atomic mass is 19.4. The number of carbonyl (C=O) groups is 1. The standard InChI is InChI=1S/C20H19F3N2O3/c1-13-3-7-15(8-4-13)17-12-19(27,20(21,22)23)25(24-17)18(26)11-14-5-9-16(28-2)10-6-14/h3-10,27H,11-12H2,1-2H3. The lowest BCUT2D eigenvalue weighted by Gasteiger charge is -2.32. The van der Waals surface area contributed by atoms with Gasteiger partial charge in [-0.3, -0.25) is 4.79 Å². The fourth-order valence-corrected chi connectivity index (χ4v) is 2.93. The highest BCUT2D eigenvalue weighted by Gasteiger charge is 2.63. The van der Waals surface area contributed by atoms with Crippen LogP contribution in [0.5, 0.6) is 5.75 Å². The number of ether oxygens (including phenoxy) is 1. The van der Waals surface area contributed by atoms with Crippen LogP contribution in [0.15, 0.2) is 53.6 Å². The van der Waals surface area contributed by atoms with Gasteiger partial charge in [0, 0.05) is 0 Å². The molecular formula is C20H19F3N2O3. The molecular weight excluding hydrogens is 373 g/mol. The molecule has 1 unspecified atom stereocenters. The van der Waals surface area contributed by atoms with Crippen molar-refractivity contribution < 1.29 is 27.8 Å². The van der Waals surface area contributed by atoms with Gasteiger partial charge in [-0.15, -0.1) is 0 Å². The van der Waals surface area contributed by atoms with E-state index in [0.717, 1.165) is 5.56 Å². The zero-order chi connectivity index (χ0) is 20.5. The summed E-state index contributed by atoms with van der Waals surface area (Å²) in [7, 11) is 1.48. The average molecular weight is 392 g/mol. The minimum absolute atomic E-state index is 0.00269. The van der Waals surface area contributed by atoms with Crippen molar-refractivity contribution >= 4 is 11.6 Å². The number of halogens is 3. The van der Waals surface area contributed by atoms with E-state index in [4.69, 9.17) is 4.74 Å². The second-order valence-corrected chi connectivity index (χ2v) is 6.63. The number of hydrazone groups is 1. The van der Waals surface area contributed by atoms with Gasteiger partial charge in [-0.05, 0) is 30.2 Å². The van der Waals surface area contributed by atoms with Gasteiger partial charge in [-0.25, -0.2) is 0 Å². The monoisotopic (exact) mass is 392 g/mol. The van der Waals surface area contributed by atoms with E-state index in [1.54, 1.807) is 48.5 Å². The quantitative estimate of drug-likeness (QED) is 0.867. The zero-order valence-corrected chi connectivity index (χ0v) is 15.3. The highest BCUT2D eigenvalue weighted by Crippen LogP contribution is 2.41. The second kappa shape index (κ2) is 7.27. The Morgan fingerprint density at radius 3 is 2.32 bits per heavy atom. The maximum Gasteiger partial charge on any atom is 0.438 e. The Morgan fingerprint density at radius 1 is 1.18 bits per heavy atom. The Kier molecular flexibility index (Phi) is 5.16. The molecule has 1 N–H and O–H groups in total. The van der Waals surface area contributed by atoms with Gasteiger partial charge in [0.2, 0.25) is 5.91 Å². The Labute approximate surface area is 160 Å². The van der Waals surface area contributed by atoms with E-state index in [1.165, 1.54) is 7.11 Å². The van der Waals surface area contributed by atoms with Gasteiger partial charge in [0.15, 0.2) is 0 Å². The first-order chi connectivity index (χ1) is 13.1. The lowest BCUT2D eigenvalue weighted by atomic mass is 10.00. The van der Waals surface area contributed by atoms with E-state index in [2.05, 4.69) is 5.10 Å². The molecule has 28 heavy (non-hydrogen) atoms. The molecule has 1 aliphatic heterocycles. The topological polar surface area (TPSA) is 62.1 Å². The zero-order valence-electron chi connectivity index (χ0n) is 15.3. The van der Waals surface area contributed by atoms with Crippen molar-refractivity contribution in [2.75, 3.05) is 7.11 Å². The van der Waals surface area contributed by atoms with Crippen molar-refractivity contribution in [1.82, 2.24) is 5.01 Å². The van der Waals surface area contributed by atoms with Gasteiger partial charge in [0.1, 0.15) is 5.75 Å². The first-order valence-corrected chi connectivity index (χ1v) is 8.53. The van der Waals surface area contributed by atoms with E-state index in [9.17, 15) is 23.1 Å². The van der Waals surface area contributed by atoms with Gasteiger partial charge in [-0.2, -0.15) is 23.3 Å². The van der Waals surface area contributed by atoms with Gasteiger partial charge in [-0.1, -0.05) is 42.0 Å². The molecule has 1 aliphatic rings. The minimum Gasteiger partial charge on any atom is -0.497 e. The number of nitrogens with zero attached hydrogens (tertiary/aromatic N) is 2. The number of aryl methyl sites for hydroxylation is 1. The Morgan fingerprint density at radius 2 is 1.79 bits per heavy atom. The number of alkyl halides is 3. The van der Waals surface area contributed by atoms with Gasteiger partial charge < -0.3 is 9.84 Å². The molecule has 0 aromatic heterocycles. The van der Waals surface area contributed by atoms with Crippen LogP contribution < -0.4 is 4.74 Å². The summed E-state index contributed by atoms with van der Waals surface area (Å²) in [5, 5.41) is 14.4. The van der Waals surface area contributed by atoms with E-state index in [0.29, 0.717) is 16.9 Å². The number of hydrogen-bond acceptors (Lipinski definition) is 4. The van der Waals surface area contributed by atoms with Crippen LogP contribution in [0.4, 0.5) is 13.2 Å². The normalized spacial score (nSPS) is 19.5. The summed E-state index contributed by atoms with van der Waals surface area (Å²) in [5.74, 6) is -0.393. The smallest absolute Gasteiger partial charge is 0.438 e. The molecule has 0 radical (unpaired) electrons. The molecule has 1 atom stereocenters. The summed E-state index contributed by atoms with van der Waals surface area (Å²) < 4.78 is 45.9. The van der Waals surface area contributed by atoms with Crippen LogP contribution in [-0.4, -0.2) is 40.7 Å². The van der Waals surface area contributed by atoms with Crippen LogP contribution in [0.25, 0.3) is 0 Å². The molecule has 2 aromatic carbocycles. The van der Waals surface area contributed by atoms with Crippen molar-refractivity contribution in [2.24, 2.45) is 5.10 Å². The van der Waals surface area contributed by atoms with Crippen molar-refractivity contribution in [3.8, 4) is 5.75 Å². The third-order valence-corrected chi connectivity index (χ3v) is 4.57. The first kappa shape index (κ1) is 19.9. The predicted octanol–water partition coefficient (Wildman–Crippen LogP) is 3.43. The first-order valence-electron chi connectivity index (χ1n) is 8.53. The number of hydrogen-bond donors (Lipinski definition) is 1. The Bertz CT molecular complexity index is 892. The van der Waals surface area contributed by atoms with Gasteiger partial charge >= 0.3 is 6.18 Å². The van der Waals surface area contributed by atoms with Gasteiger partial charge in [0.25, 0.3) is 5.72 Å². The third kappa shape index (κ3) is 3.73. The van der Waals surface area contributed by atoms with Crippen LogP contribution in [0.2, 0.25) is 0 Å². The van der Waals surface area contributed by atoms with Crippen molar-refractivity contribution in [3.05, 3.63) is 65.2 Å². The van der Waals surface area contributed by atoms with E-state index in [1.807, 2.05) is 6.92 Å². The lowest BCUT2D eigenvalue weighted by Crippen LogP contribution is -2.57. The molecule has 5 nitrogen and oxygen atoms in total. The average Bonchev–Trinajstić information content (AvgIpc) is 3.02. The molecule has 0 aliphatic carbocycles. The fourth-order valence-electron chi connectivity index (χ4n) is 2.93. The number of aliphatic hydroxyl groups is 1. The summed E-state index contributed by atoms with van der Waals surface area (Å²) in [6.07, 6.45) is -6.22. The van der Waals surface area contributed by atoms with Crippen LogP contribution in [0.1, 0.15) is 23.1 Å². The highest BCUT2D eigenvalue weighted by molar-refractivity contribution is 6.03. The number of amides is 1. The Hall–Kier alpha value is -2.87. The summed E-state index contributed by atoms with van der Waals surface area (Å²) in [5.41, 5.74) is -1.54. The minimum atomic E-state index is -5.06. The number of carbonyl (C=O) groups excluding carboxylic acids is 1. The van der Waals surface area contributed by atoms with Gasteiger partial charge in [0.05, 0.1) is 25.7 Å². The molecule has 1 amide bonds. The maximum absolute atomic E-state index is 13.6. The van der Waals surface area contributed by atoms with Crippen LogP contribution in [0.3, 0.4) is 0 Å². The molecule has 8 heteroatoms. The van der Waals surface area contributed by atoms with Crippen LogP contribution in [-0.2, 0) is 11.2 Å². The van der Waals surface area contributed by atoms with E-state index < -0.39 is 24.2 Å². The molecule has 2 aromatic rings. The fraction of sp³-hybridized carbons (Fsp3) is 0.300. The largest absolute Gasteiger partial charge is 0.497 e. The number of methoxy groups -OCH3 is 1. The molecule has 1 heterocycles. The van der Waals surface area contributed by atoms with E-state index in [-0.39, 0.29) is 17.1 Å². The molecule has 148 valence electrons. The van der Waals surface area contributed by atoms with E-state index >= 15 is 0 Å². The third-order valence-electron chi connectivity index (χ3n) is 4.57. The predicted molar refractivity (Wildman–Crippen MR) is 96.9 cm³/mol. The molecule has 0 bridgehead atoms. The molecule has 0 saturated carbocycles. The number of benzene rings is 2. The van der Waals surface area contributed by atoms with Crippen LogP contribution in [0, 0.1) is 6.92 Å². The van der Waals surface area contributed by atoms with Crippen molar-refractivity contribution in [1.29, 1.82) is 0 Å². The SMILES string of the molecule is COc1ccc(CC(=O)N2N=C(c3ccc(C)cc3)CC2(O)C(F)(F)F)cc1. The summed E-state index contributed by atoms with van der Waals surface area (Å²) in [4.78, 5) is 12.6. The summed E-state index contributed by atoms with van der Waals surface area (Å²) >= 11 is 0. The summed E-state index contributed by atoms with van der Waals surface area (Å²) in [6, 6.07) is 13.0. The summed E-state index contributed by atoms with van der Waals surface area (Å²) in [6.45, 7) is 1.84. The number of rotatable bonds is 4.